The number of benzene rings is 1. The molecule has 0 saturated heterocycles. The van der Waals surface area contributed by atoms with Crippen LogP contribution in [0, 0.1) is 5.82 Å². The van der Waals surface area contributed by atoms with Crippen LogP contribution >= 0.6 is 0 Å². The van der Waals surface area contributed by atoms with E-state index in [9.17, 15) is 9.18 Å². The van der Waals surface area contributed by atoms with E-state index in [1.54, 1.807) is 6.07 Å². The highest BCUT2D eigenvalue weighted by molar-refractivity contribution is 5.97. The molecule has 1 heterocycles. The van der Waals surface area contributed by atoms with E-state index in [0.29, 0.717) is 12.1 Å². The third kappa shape index (κ3) is 0.924. The van der Waals surface area contributed by atoms with E-state index in [1.165, 1.54) is 12.1 Å². The number of carbonyl (C=O) groups is 1. The summed E-state index contributed by atoms with van der Waals surface area (Å²) in [4.78, 5) is 11.5. The molecule has 1 aromatic rings. The Balaban J connectivity index is 2.21. The number of rotatable bonds is 0. The van der Waals surface area contributed by atoms with E-state index in [4.69, 9.17) is 0 Å². The zero-order valence-corrected chi connectivity index (χ0v) is 7.64. The second kappa shape index (κ2) is 2.35. The highest BCUT2D eigenvalue weighted by Crippen LogP contribution is 2.50. The highest BCUT2D eigenvalue weighted by atomic mass is 19.1. The number of hydrogen-bond acceptors (Lipinski definition) is 1. The van der Waals surface area contributed by atoms with Gasteiger partial charge in [0.2, 0.25) is 0 Å². The van der Waals surface area contributed by atoms with Gasteiger partial charge in [-0.1, -0.05) is 6.07 Å². The Morgan fingerprint density at radius 2 is 2.14 bits per heavy atom. The Labute approximate surface area is 81.1 Å². The molecule has 2 aliphatic rings. The summed E-state index contributed by atoms with van der Waals surface area (Å²) in [5.74, 6) is -0.478. The van der Waals surface area contributed by atoms with Crippen LogP contribution in [-0.4, -0.2) is 12.5 Å². The van der Waals surface area contributed by atoms with Gasteiger partial charge in [0.1, 0.15) is 5.82 Å². The van der Waals surface area contributed by atoms with Crippen molar-refractivity contribution in [3.05, 3.63) is 35.1 Å². The van der Waals surface area contributed by atoms with Crippen molar-refractivity contribution in [1.29, 1.82) is 0 Å². The molecule has 1 aliphatic heterocycles. The molecule has 3 rings (SSSR count). The van der Waals surface area contributed by atoms with Crippen molar-refractivity contribution in [2.24, 2.45) is 0 Å². The Hall–Kier alpha value is -1.38. The molecule has 0 radical (unpaired) electrons. The first-order valence-corrected chi connectivity index (χ1v) is 4.80. The fourth-order valence-corrected chi connectivity index (χ4v) is 2.20. The fourth-order valence-electron chi connectivity index (χ4n) is 2.20. The third-order valence-electron chi connectivity index (χ3n) is 3.24. The Morgan fingerprint density at radius 1 is 1.36 bits per heavy atom. The minimum Gasteiger partial charge on any atom is -0.351 e. The van der Waals surface area contributed by atoms with Crippen molar-refractivity contribution in [1.82, 2.24) is 5.32 Å². The first-order chi connectivity index (χ1) is 6.71. The van der Waals surface area contributed by atoms with Gasteiger partial charge in [-0.3, -0.25) is 4.79 Å². The largest absolute Gasteiger partial charge is 0.351 e. The van der Waals surface area contributed by atoms with Crippen molar-refractivity contribution in [2.45, 2.75) is 18.3 Å². The first-order valence-electron chi connectivity index (χ1n) is 4.80. The van der Waals surface area contributed by atoms with Crippen LogP contribution in [0.2, 0.25) is 0 Å². The molecular formula is C11H10FNO. The molecule has 1 aromatic carbocycles. The van der Waals surface area contributed by atoms with Crippen LogP contribution < -0.4 is 5.32 Å². The molecule has 0 unspecified atom stereocenters. The Morgan fingerprint density at radius 3 is 2.86 bits per heavy atom. The van der Waals surface area contributed by atoms with Gasteiger partial charge in [-0.2, -0.15) is 0 Å². The molecule has 1 amide bonds. The lowest BCUT2D eigenvalue weighted by atomic mass is 9.88. The van der Waals surface area contributed by atoms with Crippen LogP contribution in [0.1, 0.15) is 28.8 Å². The average Bonchev–Trinajstić information content (AvgIpc) is 2.93. The van der Waals surface area contributed by atoms with Gasteiger partial charge in [0, 0.05) is 17.5 Å². The predicted molar refractivity (Wildman–Crippen MR) is 49.6 cm³/mol. The number of halogens is 1. The lowest BCUT2D eigenvalue weighted by Gasteiger charge is -2.25. The van der Waals surface area contributed by atoms with Gasteiger partial charge in [-0.15, -0.1) is 0 Å². The lowest BCUT2D eigenvalue weighted by molar-refractivity contribution is 0.0937. The van der Waals surface area contributed by atoms with Gasteiger partial charge < -0.3 is 5.32 Å². The van der Waals surface area contributed by atoms with Crippen molar-refractivity contribution in [2.75, 3.05) is 6.54 Å². The molecule has 14 heavy (non-hydrogen) atoms. The first kappa shape index (κ1) is 7.97. The summed E-state index contributed by atoms with van der Waals surface area (Å²) >= 11 is 0. The van der Waals surface area contributed by atoms with Gasteiger partial charge in [-0.05, 0) is 30.5 Å². The van der Waals surface area contributed by atoms with E-state index >= 15 is 0 Å². The van der Waals surface area contributed by atoms with E-state index in [-0.39, 0.29) is 17.1 Å². The van der Waals surface area contributed by atoms with Gasteiger partial charge in [0.15, 0.2) is 0 Å². The van der Waals surface area contributed by atoms with Gasteiger partial charge in [0.05, 0.1) is 0 Å². The molecule has 0 atom stereocenters. The summed E-state index contributed by atoms with van der Waals surface area (Å²) in [6.45, 7) is 0.713. The van der Waals surface area contributed by atoms with E-state index in [2.05, 4.69) is 5.32 Å². The van der Waals surface area contributed by atoms with Gasteiger partial charge in [0.25, 0.3) is 5.91 Å². The average molecular weight is 191 g/mol. The second-order valence-electron chi connectivity index (χ2n) is 4.15. The molecule has 1 fully saturated rings. The summed E-state index contributed by atoms with van der Waals surface area (Å²) in [6, 6.07) is 4.54. The number of carbonyl (C=O) groups excluding carboxylic acids is 1. The lowest BCUT2D eigenvalue weighted by Crippen LogP contribution is -2.39. The van der Waals surface area contributed by atoms with Crippen molar-refractivity contribution >= 4 is 5.91 Å². The normalized spacial score (nSPS) is 21.6. The standard InChI is InChI=1S/C11H10FNO/c12-7-1-2-9-8(5-7)10(14)13-6-11(9)3-4-11/h1-2,5H,3-4,6H2,(H,13,14). The zero-order chi connectivity index (χ0) is 9.76. The SMILES string of the molecule is O=C1NCC2(CC2)c2ccc(F)cc21. The maximum Gasteiger partial charge on any atom is 0.251 e. The van der Waals surface area contributed by atoms with Gasteiger partial charge >= 0.3 is 0 Å². The number of nitrogens with one attached hydrogen (secondary N) is 1. The van der Waals surface area contributed by atoms with Crippen LogP contribution in [0.15, 0.2) is 18.2 Å². The number of hydrogen-bond donors (Lipinski definition) is 1. The number of amides is 1. The van der Waals surface area contributed by atoms with Crippen molar-refractivity contribution in [3.63, 3.8) is 0 Å². The van der Waals surface area contributed by atoms with Crippen molar-refractivity contribution in [3.8, 4) is 0 Å². The molecular weight excluding hydrogens is 181 g/mol. The predicted octanol–water partition coefficient (Wildman–Crippen LogP) is 1.60. The molecule has 2 nitrogen and oxygen atoms in total. The number of fused-ring (bicyclic) bond motifs is 2. The molecule has 0 bridgehead atoms. The summed E-state index contributed by atoms with van der Waals surface area (Å²) in [5, 5.41) is 2.81. The minimum atomic E-state index is -0.336. The minimum absolute atomic E-state index is 0.136. The third-order valence-corrected chi connectivity index (χ3v) is 3.24. The highest BCUT2D eigenvalue weighted by Gasteiger charge is 2.48. The Kier molecular flexibility index (Phi) is 1.34. The maximum absolute atomic E-state index is 13.0. The monoisotopic (exact) mass is 191 g/mol. The smallest absolute Gasteiger partial charge is 0.251 e. The molecule has 72 valence electrons. The van der Waals surface area contributed by atoms with Crippen LogP contribution in [-0.2, 0) is 5.41 Å². The topological polar surface area (TPSA) is 29.1 Å². The summed E-state index contributed by atoms with van der Waals surface area (Å²) in [5.41, 5.74) is 1.69. The Bertz CT molecular complexity index is 423. The summed E-state index contributed by atoms with van der Waals surface area (Å²) < 4.78 is 13.0. The fraction of sp³-hybridized carbons (Fsp3) is 0.364. The van der Waals surface area contributed by atoms with Crippen molar-refractivity contribution < 1.29 is 9.18 Å². The van der Waals surface area contributed by atoms with Crippen LogP contribution in [0.25, 0.3) is 0 Å². The van der Waals surface area contributed by atoms with E-state index < -0.39 is 0 Å². The maximum atomic E-state index is 13.0. The van der Waals surface area contributed by atoms with Crippen LogP contribution in [0.3, 0.4) is 0 Å². The molecule has 1 aliphatic carbocycles. The molecule has 0 aromatic heterocycles. The van der Waals surface area contributed by atoms with Gasteiger partial charge in [-0.25, -0.2) is 4.39 Å². The van der Waals surface area contributed by atoms with Crippen LogP contribution in [0.4, 0.5) is 4.39 Å². The molecule has 1 spiro atoms. The molecule has 1 saturated carbocycles. The van der Waals surface area contributed by atoms with Crippen LogP contribution in [0.5, 0.6) is 0 Å². The summed E-state index contributed by atoms with van der Waals surface area (Å²) in [7, 11) is 0. The summed E-state index contributed by atoms with van der Waals surface area (Å²) in [6.07, 6.45) is 2.21. The molecule has 1 N–H and O–H groups in total. The van der Waals surface area contributed by atoms with E-state index in [1.807, 2.05) is 0 Å². The zero-order valence-electron chi connectivity index (χ0n) is 7.64. The second-order valence-corrected chi connectivity index (χ2v) is 4.15. The van der Waals surface area contributed by atoms with E-state index in [0.717, 1.165) is 18.4 Å². The molecule has 3 heteroatoms. The quantitative estimate of drug-likeness (QED) is 0.663.